The summed E-state index contributed by atoms with van der Waals surface area (Å²) in [6, 6.07) is 53.2. The number of hydrogen-bond donors (Lipinski definition) is 0. The van der Waals surface area contributed by atoms with Gasteiger partial charge in [-0.3, -0.25) is 0 Å². The van der Waals surface area contributed by atoms with Gasteiger partial charge in [0.2, 0.25) is 0 Å². The molecule has 0 saturated carbocycles. The van der Waals surface area contributed by atoms with Gasteiger partial charge >= 0.3 is 0 Å². The molecular weight excluding hydrogens is 721 g/mol. The van der Waals surface area contributed by atoms with Crippen LogP contribution in [0, 0.1) is 25.5 Å². The maximum Gasteiger partial charge on any atom is 0.0541 e. The summed E-state index contributed by atoms with van der Waals surface area (Å²) in [5.74, 6) is 1.24. The van der Waals surface area contributed by atoms with Crippen molar-refractivity contribution in [2.24, 2.45) is 0 Å². The van der Waals surface area contributed by atoms with Crippen molar-refractivity contribution in [1.29, 1.82) is 0 Å². The Hall–Kier alpha value is -5.32. The molecule has 0 N–H and O–H groups in total. The molecule has 0 atom stereocenters. The Morgan fingerprint density at radius 2 is 1.14 bits per heavy atom. The molecule has 9 rings (SSSR count). The van der Waals surface area contributed by atoms with Gasteiger partial charge in [-0.2, -0.15) is 18.8 Å². The minimum atomic E-state index is -0.121. The predicted molar refractivity (Wildman–Crippen MR) is 203 cm³/mol. The zero-order valence-corrected chi connectivity index (χ0v) is 30.0. The van der Waals surface area contributed by atoms with Gasteiger partial charge in [-0.15, -0.1) is 54.4 Å². The van der Waals surface area contributed by atoms with E-state index in [0.29, 0.717) is 11.5 Å². The van der Waals surface area contributed by atoms with E-state index >= 15 is 0 Å². The van der Waals surface area contributed by atoms with Crippen LogP contribution >= 0.6 is 0 Å². The average molecular weight is 756 g/mol. The van der Waals surface area contributed by atoms with Crippen LogP contribution in [0.2, 0.25) is 0 Å². The first-order chi connectivity index (χ1) is 24.4. The van der Waals surface area contributed by atoms with Crippen LogP contribution in [-0.2, 0) is 26.0 Å². The van der Waals surface area contributed by atoms with Gasteiger partial charge in [0.25, 0.3) is 0 Å². The molecule has 6 nitrogen and oxygen atoms in total. The molecule has 3 heterocycles. The molecule has 0 spiro atoms. The molecule has 0 unspecified atom stereocenters. The van der Waals surface area contributed by atoms with Crippen LogP contribution in [0.4, 0.5) is 22.7 Å². The zero-order valence-electron chi connectivity index (χ0n) is 28.5. The third-order valence-corrected chi connectivity index (χ3v) is 9.88. The molecule has 51 heavy (non-hydrogen) atoms. The van der Waals surface area contributed by atoms with E-state index in [4.69, 9.17) is 4.74 Å². The molecule has 2 aliphatic rings. The van der Waals surface area contributed by atoms with Crippen LogP contribution in [0.5, 0.6) is 11.5 Å². The Morgan fingerprint density at radius 1 is 0.569 bits per heavy atom. The largest absolute Gasteiger partial charge is 0.509 e. The van der Waals surface area contributed by atoms with E-state index in [1.807, 2.05) is 41.4 Å². The van der Waals surface area contributed by atoms with Gasteiger partial charge in [0, 0.05) is 65.3 Å². The number of hydrogen-bond acceptors (Lipinski definition) is 5. The molecule has 0 amide bonds. The molecule has 7 aromatic rings. The molecule has 1 aromatic heterocycles. The van der Waals surface area contributed by atoms with Gasteiger partial charge in [0.05, 0.1) is 11.0 Å². The summed E-state index contributed by atoms with van der Waals surface area (Å²) in [5, 5.41) is 2.52. The van der Waals surface area contributed by atoms with Crippen molar-refractivity contribution in [3.63, 3.8) is 0 Å². The van der Waals surface area contributed by atoms with Crippen LogP contribution in [0.15, 0.2) is 146 Å². The number of benzene rings is 6. The SMILES string of the molecule is CN1[CH-]N(c2[c-]c(Oc3[c-]c(N4C=CN(c5ccc(-n6c7ccccc7c7ccccc76)cc5)[CH-]4)ccc3)ccc2)c2ccccc2C1(C)C.[Pd]. The summed E-state index contributed by atoms with van der Waals surface area (Å²) in [6.07, 6.45) is 4.09. The van der Waals surface area contributed by atoms with E-state index in [1.165, 1.54) is 27.4 Å². The Labute approximate surface area is 313 Å². The van der Waals surface area contributed by atoms with E-state index in [-0.39, 0.29) is 26.0 Å². The predicted octanol–water partition coefficient (Wildman–Crippen LogP) is 10.5. The Kier molecular flexibility index (Phi) is 8.44. The fourth-order valence-electron chi connectivity index (χ4n) is 6.99. The third kappa shape index (κ3) is 5.78. The van der Waals surface area contributed by atoms with Crippen LogP contribution < -0.4 is 19.4 Å². The molecule has 6 aromatic carbocycles. The zero-order chi connectivity index (χ0) is 33.8. The quantitative estimate of drug-likeness (QED) is 0.124. The van der Waals surface area contributed by atoms with E-state index in [0.717, 1.165) is 28.4 Å². The summed E-state index contributed by atoms with van der Waals surface area (Å²) in [6.45, 7) is 8.66. The molecule has 0 aliphatic carbocycles. The van der Waals surface area contributed by atoms with Gasteiger partial charge in [-0.05, 0) is 81.3 Å². The van der Waals surface area contributed by atoms with Gasteiger partial charge in [0.15, 0.2) is 0 Å². The van der Waals surface area contributed by atoms with E-state index in [2.05, 4.69) is 175 Å². The second-order valence-electron chi connectivity index (χ2n) is 13.2. The Morgan fingerprint density at radius 3 is 1.84 bits per heavy atom. The molecule has 0 radical (unpaired) electrons. The number of aromatic nitrogens is 1. The summed E-state index contributed by atoms with van der Waals surface area (Å²) < 4.78 is 8.68. The maximum atomic E-state index is 6.34. The van der Waals surface area contributed by atoms with Crippen molar-refractivity contribution in [3.8, 4) is 17.2 Å². The number of ether oxygens (including phenoxy) is 1. The smallest absolute Gasteiger partial charge is 0.0541 e. The average Bonchev–Trinajstić information content (AvgIpc) is 3.78. The Bertz CT molecular complexity index is 2340. The van der Waals surface area contributed by atoms with E-state index in [1.54, 1.807) is 0 Å². The van der Waals surface area contributed by atoms with Crippen LogP contribution in [0.25, 0.3) is 27.5 Å². The van der Waals surface area contributed by atoms with Gasteiger partial charge in [-0.1, -0.05) is 54.6 Å². The molecular formula is C44H35N5OPd-4. The molecule has 0 fully saturated rings. The minimum Gasteiger partial charge on any atom is -0.509 e. The van der Waals surface area contributed by atoms with Crippen LogP contribution in [0.1, 0.15) is 19.4 Å². The summed E-state index contributed by atoms with van der Waals surface area (Å²) in [5.41, 5.74) is 8.66. The number of rotatable bonds is 6. The van der Waals surface area contributed by atoms with Crippen molar-refractivity contribution in [1.82, 2.24) is 9.47 Å². The second kappa shape index (κ2) is 13.1. The maximum absolute atomic E-state index is 6.34. The van der Waals surface area contributed by atoms with Crippen molar-refractivity contribution in [2.75, 3.05) is 21.7 Å². The van der Waals surface area contributed by atoms with E-state index < -0.39 is 0 Å². The number of nitrogens with zero attached hydrogens (tertiary/aromatic N) is 5. The Balaban J connectivity index is 0.00000374. The number of para-hydroxylation sites is 3. The minimum absolute atomic E-state index is 0. The van der Waals surface area contributed by atoms with Crippen LogP contribution in [-0.4, -0.2) is 16.5 Å². The fraction of sp³-hybridized carbons (Fsp3) is 0.0909. The van der Waals surface area contributed by atoms with Crippen molar-refractivity contribution in [3.05, 3.63) is 177 Å². The first-order valence-corrected chi connectivity index (χ1v) is 16.8. The fourth-order valence-corrected chi connectivity index (χ4v) is 6.99. The first-order valence-electron chi connectivity index (χ1n) is 16.8. The van der Waals surface area contributed by atoms with Gasteiger partial charge < -0.3 is 28.9 Å². The molecule has 2 aliphatic heterocycles. The molecule has 0 saturated heterocycles. The topological polar surface area (TPSA) is 27.1 Å². The molecule has 256 valence electrons. The third-order valence-electron chi connectivity index (χ3n) is 9.88. The van der Waals surface area contributed by atoms with Gasteiger partial charge in [-0.25, -0.2) is 0 Å². The number of fused-ring (bicyclic) bond motifs is 4. The number of anilines is 4. The first kappa shape index (κ1) is 32.9. The van der Waals surface area contributed by atoms with E-state index in [9.17, 15) is 0 Å². The van der Waals surface area contributed by atoms with Crippen molar-refractivity contribution >= 4 is 44.6 Å². The van der Waals surface area contributed by atoms with Crippen molar-refractivity contribution in [2.45, 2.75) is 19.4 Å². The summed E-state index contributed by atoms with van der Waals surface area (Å²) in [4.78, 5) is 8.56. The standard InChI is InChI=1S/C44H35N5O.Pd/c1-44(2)40-18-6-9-21-43(40)48(30-45(44)3)35-13-11-15-37(29-35)50-36-14-10-12-34(28-36)47-27-26-46(31-47)32-22-24-33(25-23-32)49-41-19-7-4-16-38(41)39-17-5-8-20-42(39)49;/h4-27,30-31H,1-3H3;/q-4;. The monoisotopic (exact) mass is 755 g/mol. The van der Waals surface area contributed by atoms with Crippen LogP contribution in [0.3, 0.4) is 0 Å². The molecule has 0 bridgehead atoms. The molecule has 7 heteroatoms. The normalized spacial score (nSPS) is 15.3. The summed E-state index contributed by atoms with van der Waals surface area (Å²) in [7, 11) is 2.11. The van der Waals surface area contributed by atoms with Gasteiger partial charge in [0.1, 0.15) is 0 Å². The second-order valence-corrected chi connectivity index (χ2v) is 13.2. The van der Waals surface area contributed by atoms with Crippen molar-refractivity contribution < 1.29 is 25.2 Å². The summed E-state index contributed by atoms with van der Waals surface area (Å²) >= 11 is 0.